The Morgan fingerprint density at radius 2 is 2.00 bits per heavy atom. The number of carbonyl (C=O) groups excluding carboxylic acids is 1. The number of ether oxygens (including phenoxy) is 3. The van der Waals surface area contributed by atoms with Gasteiger partial charge in [0.25, 0.3) is 5.88 Å². The minimum Gasteiger partial charge on any atom is -0.478 e. The van der Waals surface area contributed by atoms with Crippen LogP contribution >= 0.6 is 0 Å². The lowest BCUT2D eigenvalue weighted by Gasteiger charge is -2.15. The molecule has 0 aliphatic heterocycles. The SMILES string of the molecule is COC(=O)Cc1cc(C)c(OC(F)(F)F)c(OC)n1. The molecule has 0 spiro atoms. The van der Waals surface area contributed by atoms with E-state index in [4.69, 9.17) is 4.74 Å². The molecule has 0 atom stereocenters. The van der Waals surface area contributed by atoms with Crippen LogP contribution in [0, 0.1) is 6.92 Å². The smallest absolute Gasteiger partial charge is 0.478 e. The minimum absolute atomic E-state index is 0.156. The number of nitrogens with zero attached hydrogens (tertiary/aromatic N) is 1. The Kier molecular flexibility index (Phi) is 4.57. The number of hydrogen-bond donors (Lipinski definition) is 0. The van der Waals surface area contributed by atoms with Gasteiger partial charge in [-0.1, -0.05) is 0 Å². The fourth-order valence-electron chi connectivity index (χ4n) is 1.39. The third-order valence-electron chi connectivity index (χ3n) is 2.14. The van der Waals surface area contributed by atoms with Crippen LogP contribution in [0.4, 0.5) is 13.2 Å². The molecule has 0 bridgehead atoms. The molecule has 0 N–H and O–H groups in total. The summed E-state index contributed by atoms with van der Waals surface area (Å²) in [4.78, 5) is 14.9. The number of rotatable bonds is 4. The number of carbonyl (C=O) groups is 1. The Morgan fingerprint density at radius 3 is 2.47 bits per heavy atom. The number of aromatic nitrogens is 1. The molecule has 0 fully saturated rings. The van der Waals surface area contributed by atoms with Gasteiger partial charge in [-0.15, -0.1) is 13.2 Å². The molecule has 1 aromatic heterocycles. The van der Waals surface area contributed by atoms with Crippen LogP contribution in [0.1, 0.15) is 11.3 Å². The third-order valence-corrected chi connectivity index (χ3v) is 2.14. The van der Waals surface area contributed by atoms with Crippen molar-refractivity contribution in [1.82, 2.24) is 4.98 Å². The lowest BCUT2D eigenvalue weighted by atomic mass is 10.2. The summed E-state index contributed by atoms with van der Waals surface area (Å²) in [7, 11) is 2.36. The van der Waals surface area contributed by atoms with E-state index in [9.17, 15) is 18.0 Å². The van der Waals surface area contributed by atoms with Crippen molar-refractivity contribution in [2.45, 2.75) is 19.7 Å². The van der Waals surface area contributed by atoms with Gasteiger partial charge in [-0.2, -0.15) is 0 Å². The van der Waals surface area contributed by atoms with Gasteiger partial charge in [-0.3, -0.25) is 4.79 Å². The van der Waals surface area contributed by atoms with Gasteiger partial charge in [0, 0.05) is 0 Å². The standard InChI is InChI=1S/C11H12F3NO4/c1-6-4-7(5-8(16)17-2)15-10(18-3)9(6)19-11(12,13)14/h4H,5H2,1-3H3. The van der Waals surface area contributed by atoms with Crippen LogP contribution in [0.2, 0.25) is 0 Å². The van der Waals surface area contributed by atoms with Crippen molar-refractivity contribution in [2.75, 3.05) is 14.2 Å². The first-order chi connectivity index (χ1) is 8.76. The summed E-state index contributed by atoms with van der Waals surface area (Å²) in [6, 6.07) is 1.31. The molecule has 0 saturated heterocycles. The summed E-state index contributed by atoms with van der Waals surface area (Å²) in [5, 5.41) is 0. The maximum absolute atomic E-state index is 12.2. The van der Waals surface area contributed by atoms with Gasteiger partial charge >= 0.3 is 12.3 Å². The summed E-state index contributed by atoms with van der Waals surface area (Å²) in [5.74, 6) is -1.42. The predicted octanol–water partition coefficient (Wildman–Crippen LogP) is 2.01. The molecule has 0 saturated carbocycles. The van der Waals surface area contributed by atoms with E-state index < -0.39 is 18.1 Å². The molecule has 0 radical (unpaired) electrons. The molecule has 0 aromatic carbocycles. The van der Waals surface area contributed by atoms with Crippen molar-refractivity contribution in [1.29, 1.82) is 0 Å². The van der Waals surface area contributed by atoms with Crippen molar-refractivity contribution in [3.05, 3.63) is 17.3 Å². The van der Waals surface area contributed by atoms with Crippen molar-refractivity contribution >= 4 is 5.97 Å². The van der Waals surface area contributed by atoms with Gasteiger partial charge in [-0.25, -0.2) is 4.98 Å². The fourth-order valence-corrected chi connectivity index (χ4v) is 1.39. The fraction of sp³-hybridized carbons (Fsp3) is 0.455. The highest BCUT2D eigenvalue weighted by molar-refractivity contribution is 5.72. The molecule has 0 aliphatic carbocycles. The zero-order valence-corrected chi connectivity index (χ0v) is 10.5. The van der Waals surface area contributed by atoms with E-state index in [1.807, 2.05) is 0 Å². The molecule has 0 amide bonds. The second-order valence-electron chi connectivity index (χ2n) is 3.57. The molecule has 1 aromatic rings. The van der Waals surface area contributed by atoms with Crippen LogP contribution in [0.3, 0.4) is 0 Å². The van der Waals surface area contributed by atoms with Crippen LogP contribution in [0.5, 0.6) is 11.6 Å². The Morgan fingerprint density at radius 1 is 1.37 bits per heavy atom. The Labute approximate surface area is 107 Å². The second kappa shape index (κ2) is 5.77. The second-order valence-corrected chi connectivity index (χ2v) is 3.57. The Hall–Kier alpha value is -1.99. The lowest BCUT2D eigenvalue weighted by Crippen LogP contribution is -2.19. The van der Waals surface area contributed by atoms with Gasteiger partial charge in [0.1, 0.15) is 0 Å². The number of halogens is 3. The first-order valence-electron chi connectivity index (χ1n) is 5.14. The van der Waals surface area contributed by atoms with Crippen molar-refractivity contribution in [2.24, 2.45) is 0 Å². The van der Waals surface area contributed by atoms with Crippen LogP contribution in [-0.4, -0.2) is 31.5 Å². The van der Waals surface area contributed by atoms with E-state index in [-0.39, 0.29) is 23.6 Å². The summed E-state index contributed by atoms with van der Waals surface area (Å²) in [6.07, 6.45) is -5.01. The maximum Gasteiger partial charge on any atom is 0.573 e. The van der Waals surface area contributed by atoms with Crippen molar-refractivity contribution in [3.8, 4) is 11.6 Å². The molecule has 5 nitrogen and oxygen atoms in total. The third kappa shape index (κ3) is 4.31. The van der Waals surface area contributed by atoms with E-state index in [0.717, 1.165) is 7.11 Å². The maximum atomic E-state index is 12.2. The van der Waals surface area contributed by atoms with Gasteiger partial charge in [-0.05, 0) is 18.6 Å². The van der Waals surface area contributed by atoms with Crippen LogP contribution in [-0.2, 0) is 16.0 Å². The molecule has 0 aliphatic rings. The van der Waals surface area contributed by atoms with Gasteiger partial charge in [0.2, 0.25) is 0 Å². The van der Waals surface area contributed by atoms with Crippen LogP contribution in [0.15, 0.2) is 6.07 Å². The highest BCUT2D eigenvalue weighted by atomic mass is 19.4. The largest absolute Gasteiger partial charge is 0.573 e. The molecular weight excluding hydrogens is 267 g/mol. The number of aryl methyl sites for hydroxylation is 1. The van der Waals surface area contributed by atoms with Crippen molar-refractivity contribution < 1.29 is 32.2 Å². The number of esters is 1. The summed E-state index contributed by atoms with van der Waals surface area (Å²) < 4.78 is 49.7. The summed E-state index contributed by atoms with van der Waals surface area (Å²) >= 11 is 0. The highest BCUT2D eigenvalue weighted by Crippen LogP contribution is 2.34. The molecule has 1 rings (SSSR count). The number of pyridine rings is 1. The molecule has 0 unspecified atom stereocenters. The minimum atomic E-state index is -4.84. The van der Waals surface area contributed by atoms with Gasteiger partial charge in [0.05, 0.1) is 26.3 Å². The quantitative estimate of drug-likeness (QED) is 0.789. The predicted molar refractivity (Wildman–Crippen MR) is 57.9 cm³/mol. The first kappa shape index (κ1) is 15.1. The number of methoxy groups -OCH3 is 2. The normalized spacial score (nSPS) is 11.1. The van der Waals surface area contributed by atoms with Crippen molar-refractivity contribution in [3.63, 3.8) is 0 Å². The Bertz CT molecular complexity index is 474. The van der Waals surface area contributed by atoms with E-state index >= 15 is 0 Å². The zero-order chi connectivity index (χ0) is 14.6. The van der Waals surface area contributed by atoms with E-state index in [1.165, 1.54) is 20.1 Å². The van der Waals surface area contributed by atoms with Crippen LogP contribution in [0.25, 0.3) is 0 Å². The molecule has 106 valence electrons. The molecule has 8 heteroatoms. The average molecular weight is 279 g/mol. The Balaban J connectivity index is 3.11. The summed E-state index contributed by atoms with van der Waals surface area (Å²) in [5.41, 5.74) is 0.388. The molecule has 19 heavy (non-hydrogen) atoms. The first-order valence-corrected chi connectivity index (χ1v) is 5.14. The number of alkyl halides is 3. The molecular formula is C11H12F3NO4. The number of hydrogen-bond acceptors (Lipinski definition) is 5. The lowest BCUT2D eigenvalue weighted by molar-refractivity contribution is -0.275. The molecule has 1 heterocycles. The van der Waals surface area contributed by atoms with Crippen LogP contribution < -0.4 is 9.47 Å². The van der Waals surface area contributed by atoms with E-state index in [0.29, 0.717) is 0 Å². The topological polar surface area (TPSA) is 57.7 Å². The summed E-state index contributed by atoms with van der Waals surface area (Å²) in [6.45, 7) is 1.39. The van der Waals surface area contributed by atoms with E-state index in [2.05, 4.69) is 14.5 Å². The van der Waals surface area contributed by atoms with Gasteiger partial charge in [0.15, 0.2) is 5.75 Å². The zero-order valence-electron chi connectivity index (χ0n) is 10.5. The average Bonchev–Trinajstić information content (AvgIpc) is 2.30. The highest BCUT2D eigenvalue weighted by Gasteiger charge is 2.34. The van der Waals surface area contributed by atoms with Gasteiger partial charge < -0.3 is 14.2 Å². The monoisotopic (exact) mass is 279 g/mol. The van der Waals surface area contributed by atoms with E-state index in [1.54, 1.807) is 0 Å².